The van der Waals surface area contributed by atoms with Crippen LogP contribution in [0.1, 0.15) is 0 Å². The smallest absolute Gasteiger partial charge is 0.145 e. The number of rotatable bonds is 2. The van der Waals surface area contributed by atoms with Gasteiger partial charge < -0.3 is 0 Å². The Bertz CT molecular complexity index is 1550. The Balaban J connectivity index is 1.89. The standard InChI is InChI=1S/C27H17BrN2/c28-19-11-8-12-20(17-19)30-26-24-16-7-5-14-22(24)21-13-4-6-15-23(21)25(26)29-27(30)18-9-2-1-3-10-18/h1-17H. The Hall–Kier alpha value is -3.43. The minimum atomic E-state index is 0.949. The van der Waals surface area contributed by atoms with E-state index in [1.165, 1.54) is 21.5 Å². The van der Waals surface area contributed by atoms with Crippen LogP contribution in [-0.4, -0.2) is 9.55 Å². The summed E-state index contributed by atoms with van der Waals surface area (Å²) in [6, 6.07) is 36.0. The van der Waals surface area contributed by atoms with Crippen LogP contribution < -0.4 is 0 Å². The summed E-state index contributed by atoms with van der Waals surface area (Å²) in [5.41, 5.74) is 4.36. The first-order valence-electron chi connectivity index (χ1n) is 9.94. The fraction of sp³-hybridized carbons (Fsp3) is 0. The average molecular weight is 449 g/mol. The van der Waals surface area contributed by atoms with Gasteiger partial charge >= 0.3 is 0 Å². The van der Waals surface area contributed by atoms with Gasteiger partial charge in [0.25, 0.3) is 0 Å². The molecule has 6 rings (SSSR count). The van der Waals surface area contributed by atoms with E-state index in [1.54, 1.807) is 0 Å². The number of imidazole rings is 1. The number of benzene rings is 5. The van der Waals surface area contributed by atoms with E-state index in [0.717, 1.165) is 32.6 Å². The molecule has 142 valence electrons. The lowest BCUT2D eigenvalue weighted by molar-refractivity contribution is 1.10. The summed E-state index contributed by atoms with van der Waals surface area (Å²) in [6.07, 6.45) is 0. The molecule has 0 saturated carbocycles. The fourth-order valence-electron chi connectivity index (χ4n) is 4.35. The zero-order valence-electron chi connectivity index (χ0n) is 16.1. The third-order valence-corrected chi connectivity index (χ3v) is 6.12. The van der Waals surface area contributed by atoms with Gasteiger partial charge in [-0.15, -0.1) is 0 Å². The van der Waals surface area contributed by atoms with Crippen molar-refractivity contribution >= 4 is 48.5 Å². The molecule has 0 fully saturated rings. The van der Waals surface area contributed by atoms with Crippen molar-refractivity contribution < 1.29 is 0 Å². The monoisotopic (exact) mass is 448 g/mol. The molecule has 0 spiro atoms. The third kappa shape index (κ3) is 2.59. The van der Waals surface area contributed by atoms with Crippen molar-refractivity contribution in [3.05, 3.63) is 108 Å². The van der Waals surface area contributed by atoms with Crippen LogP contribution in [0.5, 0.6) is 0 Å². The predicted octanol–water partition coefficient (Wildman–Crippen LogP) is 7.76. The minimum absolute atomic E-state index is 0.949. The average Bonchev–Trinajstić information content (AvgIpc) is 3.21. The Morgan fingerprint density at radius 3 is 1.97 bits per heavy atom. The van der Waals surface area contributed by atoms with Crippen molar-refractivity contribution in [3.63, 3.8) is 0 Å². The zero-order chi connectivity index (χ0) is 20.1. The van der Waals surface area contributed by atoms with E-state index < -0.39 is 0 Å². The normalized spacial score (nSPS) is 11.5. The van der Waals surface area contributed by atoms with E-state index in [2.05, 4.69) is 118 Å². The van der Waals surface area contributed by atoms with E-state index in [4.69, 9.17) is 4.98 Å². The van der Waals surface area contributed by atoms with Crippen molar-refractivity contribution in [2.24, 2.45) is 0 Å². The highest BCUT2D eigenvalue weighted by Crippen LogP contribution is 2.39. The molecule has 30 heavy (non-hydrogen) atoms. The van der Waals surface area contributed by atoms with Crippen LogP contribution in [0.2, 0.25) is 0 Å². The molecule has 0 aliphatic heterocycles. The Labute approximate surface area is 182 Å². The Kier molecular flexibility index (Phi) is 3.96. The molecule has 1 aromatic heterocycles. The van der Waals surface area contributed by atoms with Gasteiger partial charge in [-0.1, -0.05) is 101 Å². The second-order valence-electron chi connectivity index (χ2n) is 7.41. The molecule has 0 atom stereocenters. The fourth-order valence-corrected chi connectivity index (χ4v) is 4.74. The third-order valence-electron chi connectivity index (χ3n) is 5.63. The van der Waals surface area contributed by atoms with Crippen LogP contribution in [-0.2, 0) is 0 Å². The van der Waals surface area contributed by atoms with Crippen molar-refractivity contribution in [3.8, 4) is 17.1 Å². The predicted molar refractivity (Wildman–Crippen MR) is 129 cm³/mol. The molecule has 0 amide bonds. The van der Waals surface area contributed by atoms with Crippen molar-refractivity contribution in [2.75, 3.05) is 0 Å². The van der Waals surface area contributed by atoms with Gasteiger partial charge in [0.1, 0.15) is 5.82 Å². The molecular weight excluding hydrogens is 432 g/mol. The second kappa shape index (κ2) is 6.82. The maximum absolute atomic E-state index is 5.21. The summed E-state index contributed by atoms with van der Waals surface area (Å²) < 4.78 is 3.34. The van der Waals surface area contributed by atoms with Crippen LogP contribution >= 0.6 is 15.9 Å². The lowest BCUT2D eigenvalue weighted by atomic mass is 10.00. The van der Waals surface area contributed by atoms with Gasteiger partial charge in [0.15, 0.2) is 0 Å². The van der Waals surface area contributed by atoms with Crippen LogP contribution in [0.3, 0.4) is 0 Å². The highest BCUT2D eigenvalue weighted by Gasteiger charge is 2.19. The van der Waals surface area contributed by atoms with Crippen molar-refractivity contribution in [2.45, 2.75) is 0 Å². The van der Waals surface area contributed by atoms with E-state index >= 15 is 0 Å². The molecule has 0 bridgehead atoms. The van der Waals surface area contributed by atoms with E-state index in [-0.39, 0.29) is 0 Å². The van der Waals surface area contributed by atoms with Crippen LogP contribution in [0, 0.1) is 0 Å². The molecule has 0 aliphatic rings. The number of hydrogen-bond donors (Lipinski definition) is 0. The Morgan fingerprint density at radius 2 is 1.23 bits per heavy atom. The summed E-state index contributed by atoms with van der Waals surface area (Å²) in [4.78, 5) is 5.21. The summed E-state index contributed by atoms with van der Waals surface area (Å²) in [7, 11) is 0. The molecule has 0 unspecified atom stereocenters. The highest BCUT2D eigenvalue weighted by atomic mass is 79.9. The lowest BCUT2D eigenvalue weighted by Gasteiger charge is -2.12. The van der Waals surface area contributed by atoms with Gasteiger partial charge in [0.05, 0.1) is 11.0 Å². The van der Waals surface area contributed by atoms with Gasteiger partial charge in [-0.2, -0.15) is 0 Å². The molecule has 2 nitrogen and oxygen atoms in total. The molecular formula is C27H17BrN2. The van der Waals surface area contributed by atoms with Gasteiger partial charge in [0, 0.05) is 26.5 Å². The number of halogens is 1. The Morgan fingerprint density at radius 1 is 0.600 bits per heavy atom. The van der Waals surface area contributed by atoms with Gasteiger partial charge in [-0.25, -0.2) is 4.98 Å². The summed E-state index contributed by atoms with van der Waals surface area (Å²) >= 11 is 3.65. The molecule has 0 aliphatic carbocycles. The zero-order valence-corrected chi connectivity index (χ0v) is 17.7. The van der Waals surface area contributed by atoms with Crippen molar-refractivity contribution in [1.82, 2.24) is 9.55 Å². The largest absolute Gasteiger partial charge is 0.292 e. The number of fused-ring (bicyclic) bond motifs is 6. The maximum Gasteiger partial charge on any atom is 0.145 e. The first-order valence-corrected chi connectivity index (χ1v) is 10.7. The molecule has 3 heteroatoms. The molecule has 0 saturated heterocycles. The van der Waals surface area contributed by atoms with Gasteiger partial charge in [0.2, 0.25) is 0 Å². The van der Waals surface area contributed by atoms with Crippen LogP contribution in [0.15, 0.2) is 108 Å². The van der Waals surface area contributed by atoms with Crippen LogP contribution in [0.4, 0.5) is 0 Å². The first kappa shape index (κ1) is 17.4. The number of aromatic nitrogens is 2. The lowest BCUT2D eigenvalue weighted by Crippen LogP contribution is -1.98. The van der Waals surface area contributed by atoms with Gasteiger partial charge in [-0.05, 0) is 29.0 Å². The quantitative estimate of drug-likeness (QED) is 0.247. The second-order valence-corrected chi connectivity index (χ2v) is 8.32. The molecule has 1 heterocycles. The topological polar surface area (TPSA) is 17.8 Å². The minimum Gasteiger partial charge on any atom is -0.292 e. The molecule has 0 radical (unpaired) electrons. The first-order chi connectivity index (χ1) is 14.8. The maximum atomic E-state index is 5.21. The summed E-state index contributed by atoms with van der Waals surface area (Å²) in [5.74, 6) is 0.949. The number of hydrogen-bond acceptors (Lipinski definition) is 1. The summed E-state index contributed by atoms with van der Waals surface area (Å²) in [5, 5.41) is 4.87. The van der Waals surface area contributed by atoms with E-state index in [9.17, 15) is 0 Å². The molecule has 6 aromatic rings. The van der Waals surface area contributed by atoms with E-state index in [0.29, 0.717) is 0 Å². The highest BCUT2D eigenvalue weighted by molar-refractivity contribution is 9.10. The van der Waals surface area contributed by atoms with Crippen molar-refractivity contribution in [1.29, 1.82) is 0 Å². The molecule has 0 N–H and O–H groups in total. The summed E-state index contributed by atoms with van der Waals surface area (Å²) in [6.45, 7) is 0. The van der Waals surface area contributed by atoms with Gasteiger partial charge in [-0.3, -0.25) is 4.57 Å². The van der Waals surface area contributed by atoms with Crippen LogP contribution in [0.25, 0.3) is 49.7 Å². The molecule has 5 aromatic carbocycles. The SMILES string of the molecule is Brc1cccc(-n2c(-c3ccccc3)nc3c4ccccc4c4ccccc4c32)c1. The number of nitrogens with zero attached hydrogens (tertiary/aromatic N) is 2. The van der Waals surface area contributed by atoms with E-state index in [1.807, 2.05) is 6.07 Å².